The van der Waals surface area contributed by atoms with Gasteiger partial charge in [-0.15, -0.1) is 11.6 Å². The van der Waals surface area contributed by atoms with Crippen molar-refractivity contribution >= 4 is 44.1 Å². The third-order valence-electron chi connectivity index (χ3n) is 5.64. The number of aromatic nitrogens is 1. The first-order valence-electron chi connectivity index (χ1n) is 10.8. The Morgan fingerprint density at radius 2 is 1.83 bits per heavy atom. The highest BCUT2D eigenvalue weighted by atomic mass is 35.5. The van der Waals surface area contributed by atoms with Gasteiger partial charge < -0.3 is 9.30 Å². The van der Waals surface area contributed by atoms with Gasteiger partial charge in [0.25, 0.3) is 0 Å². The Kier molecular flexibility index (Phi) is 7.39. The van der Waals surface area contributed by atoms with Crippen LogP contribution in [0.5, 0.6) is 5.75 Å². The molecule has 0 saturated heterocycles. The second-order valence-corrected chi connectivity index (χ2v) is 10.8. The number of benzene rings is 3. The van der Waals surface area contributed by atoms with Crippen molar-refractivity contribution in [2.45, 2.75) is 13.5 Å². The lowest BCUT2D eigenvalue weighted by Gasteiger charge is -2.13. The number of sulfonamides is 1. The predicted octanol–water partition coefficient (Wildman–Crippen LogP) is 5.80. The van der Waals surface area contributed by atoms with Crippen molar-refractivity contribution in [1.29, 1.82) is 5.26 Å². The number of fused-ring (bicyclic) bond motifs is 1. The monoisotopic (exact) mass is 527 g/mol. The van der Waals surface area contributed by atoms with Crippen molar-refractivity contribution in [3.05, 3.63) is 82.5 Å². The quantitative estimate of drug-likeness (QED) is 0.293. The summed E-state index contributed by atoms with van der Waals surface area (Å²) in [5.74, 6) is 0.635. The molecular weight excluding hydrogens is 505 g/mol. The molecular formula is C26H23Cl2N3O3S. The van der Waals surface area contributed by atoms with Crippen LogP contribution >= 0.6 is 23.2 Å². The van der Waals surface area contributed by atoms with E-state index in [-0.39, 0.29) is 13.2 Å². The maximum Gasteiger partial charge on any atom is 0.209 e. The molecule has 1 N–H and O–H groups in total. The van der Waals surface area contributed by atoms with Gasteiger partial charge in [-0.1, -0.05) is 35.9 Å². The number of rotatable bonds is 8. The molecule has 0 atom stereocenters. The van der Waals surface area contributed by atoms with Gasteiger partial charge in [0, 0.05) is 23.8 Å². The van der Waals surface area contributed by atoms with Gasteiger partial charge in [0.05, 0.1) is 28.2 Å². The first-order chi connectivity index (χ1) is 16.7. The maximum atomic E-state index is 11.4. The van der Waals surface area contributed by atoms with Crippen molar-refractivity contribution in [3.8, 4) is 28.6 Å². The van der Waals surface area contributed by atoms with E-state index in [1.165, 1.54) is 0 Å². The Labute approximate surface area is 214 Å². The summed E-state index contributed by atoms with van der Waals surface area (Å²) in [6, 6.07) is 19.8. The van der Waals surface area contributed by atoms with Crippen LogP contribution in [0.4, 0.5) is 0 Å². The third kappa shape index (κ3) is 5.63. The van der Waals surface area contributed by atoms with Crippen molar-refractivity contribution in [2.75, 3.05) is 18.7 Å². The molecule has 0 fully saturated rings. The summed E-state index contributed by atoms with van der Waals surface area (Å²) >= 11 is 12.1. The van der Waals surface area contributed by atoms with Crippen LogP contribution in [0.3, 0.4) is 0 Å². The molecule has 4 aromatic rings. The van der Waals surface area contributed by atoms with Crippen molar-refractivity contribution < 1.29 is 13.2 Å². The summed E-state index contributed by atoms with van der Waals surface area (Å²) in [6.45, 7) is 2.49. The molecule has 0 amide bonds. The molecule has 0 saturated carbocycles. The zero-order valence-electron chi connectivity index (χ0n) is 19.2. The summed E-state index contributed by atoms with van der Waals surface area (Å²) in [4.78, 5) is 0. The topological polar surface area (TPSA) is 84.1 Å². The summed E-state index contributed by atoms with van der Waals surface area (Å²) in [7, 11) is -3.25. The molecule has 0 radical (unpaired) electrons. The van der Waals surface area contributed by atoms with E-state index in [4.69, 9.17) is 27.9 Å². The minimum atomic E-state index is -3.25. The average Bonchev–Trinajstić information content (AvgIpc) is 3.24. The molecule has 1 aromatic heterocycles. The van der Waals surface area contributed by atoms with Crippen LogP contribution in [0.2, 0.25) is 5.02 Å². The fourth-order valence-corrected chi connectivity index (χ4v) is 4.68. The number of hydrogen-bond acceptors (Lipinski definition) is 4. The number of hydrogen-bond donors (Lipinski definition) is 1. The minimum absolute atomic E-state index is 0.260. The van der Waals surface area contributed by atoms with Crippen LogP contribution < -0.4 is 9.46 Å². The first kappa shape index (κ1) is 25.1. The van der Waals surface area contributed by atoms with Crippen molar-refractivity contribution in [1.82, 2.24) is 9.29 Å². The molecule has 6 nitrogen and oxygen atoms in total. The lowest BCUT2D eigenvalue weighted by Crippen LogP contribution is -2.21. The van der Waals surface area contributed by atoms with Gasteiger partial charge in [-0.05, 0) is 59.5 Å². The van der Waals surface area contributed by atoms with E-state index >= 15 is 0 Å². The van der Waals surface area contributed by atoms with Crippen LogP contribution in [-0.2, 0) is 16.6 Å². The summed E-state index contributed by atoms with van der Waals surface area (Å²) < 4.78 is 32.9. The summed E-state index contributed by atoms with van der Waals surface area (Å²) in [5.41, 5.74) is 6.08. The minimum Gasteiger partial charge on any atom is -0.489 e. The van der Waals surface area contributed by atoms with E-state index in [1.807, 2.05) is 48.0 Å². The van der Waals surface area contributed by atoms with Crippen LogP contribution in [-0.4, -0.2) is 31.7 Å². The second kappa shape index (κ2) is 10.3. The Morgan fingerprint density at radius 3 is 2.51 bits per heavy atom. The number of ether oxygens (including phenoxy) is 1. The molecule has 35 heavy (non-hydrogen) atoms. The SMILES string of the molecule is Cc1cc(-c2ccc3c(ccn3-c3cc(Cl)c(OCCCl)c(C#N)c3)c2)ccc1CNS(C)(=O)=O. The second-order valence-electron chi connectivity index (χ2n) is 8.15. The van der Waals surface area contributed by atoms with Gasteiger partial charge in [-0.3, -0.25) is 0 Å². The lowest BCUT2D eigenvalue weighted by atomic mass is 9.99. The summed E-state index contributed by atoms with van der Waals surface area (Å²) in [5, 5.41) is 11.0. The van der Waals surface area contributed by atoms with Gasteiger partial charge in [-0.2, -0.15) is 5.26 Å². The van der Waals surface area contributed by atoms with Gasteiger partial charge in [0.15, 0.2) is 5.75 Å². The highest BCUT2D eigenvalue weighted by molar-refractivity contribution is 7.88. The zero-order chi connectivity index (χ0) is 25.2. The molecule has 0 aliphatic carbocycles. The van der Waals surface area contributed by atoms with Gasteiger partial charge in [0.1, 0.15) is 12.7 Å². The highest BCUT2D eigenvalue weighted by Crippen LogP contribution is 2.34. The van der Waals surface area contributed by atoms with E-state index in [1.54, 1.807) is 12.1 Å². The molecule has 180 valence electrons. The molecule has 4 rings (SSSR count). The van der Waals surface area contributed by atoms with Crippen molar-refractivity contribution in [3.63, 3.8) is 0 Å². The Balaban J connectivity index is 1.66. The number of nitrogens with one attached hydrogen (secondary N) is 1. The van der Waals surface area contributed by atoms with Gasteiger partial charge in [0.2, 0.25) is 10.0 Å². The largest absolute Gasteiger partial charge is 0.489 e. The van der Waals surface area contributed by atoms with Crippen LogP contribution in [0.25, 0.3) is 27.7 Å². The number of halogens is 2. The number of alkyl halides is 1. The Morgan fingerprint density at radius 1 is 1.09 bits per heavy atom. The Hall–Kier alpha value is -3.02. The molecule has 9 heteroatoms. The normalized spacial score (nSPS) is 11.5. The van der Waals surface area contributed by atoms with E-state index in [9.17, 15) is 13.7 Å². The Bertz CT molecular complexity index is 1560. The van der Waals surface area contributed by atoms with E-state index < -0.39 is 10.0 Å². The molecule has 1 heterocycles. The number of nitriles is 1. The predicted molar refractivity (Wildman–Crippen MR) is 141 cm³/mol. The third-order valence-corrected chi connectivity index (χ3v) is 6.75. The molecule has 0 aliphatic rings. The highest BCUT2D eigenvalue weighted by Gasteiger charge is 2.14. The van der Waals surface area contributed by atoms with Crippen LogP contribution in [0, 0.1) is 18.3 Å². The lowest BCUT2D eigenvalue weighted by molar-refractivity contribution is 0.342. The van der Waals surface area contributed by atoms with Gasteiger partial charge >= 0.3 is 0 Å². The molecule has 0 spiro atoms. The molecule has 0 unspecified atom stereocenters. The van der Waals surface area contributed by atoms with Crippen molar-refractivity contribution in [2.24, 2.45) is 0 Å². The maximum absolute atomic E-state index is 11.4. The number of nitrogens with zero attached hydrogens (tertiary/aromatic N) is 2. The number of aryl methyl sites for hydroxylation is 1. The van der Waals surface area contributed by atoms with Crippen LogP contribution in [0.1, 0.15) is 16.7 Å². The van der Waals surface area contributed by atoms with E-state index in [0.29, 0.717) is 22.2 Å². The summed E-state index contributed by atoms with van der Waals surface area (Å²) in [6.07, 6.45) is 3.09. The molecule has 3 aromatic carbocycles. The smallest absolute Gasteiger partial charge is 0.209 e. The first-order valence-corrected chi connectivity index (χ1v) is 13.6. The van der Waals surface area contributed by atoms with E-state index in [2.05, 4.69) is 22.9 Å². The average molecular weight is 528 g/mol. The standard InChI is InChI=1S/C26H23Cl2N3O3S/c1-17-11-18(3-4-21(17)16-30-35(2,32)33)19-5-6-25-20(12-19)7-9-31(25)23-13-22(15-29)26(24(28)14-23)34-10-8-27/h3-7,9,11-14,30H,8,10,16H2,1-2H3. The zero-order valence-corrected chi connectivity index (χ0v) is 21.5. The van der Waals surface area contributed by atoms with Gasteiger partial charge in [-0.25, -0.2) is 13.1 Å². The molecule has 0 aliphatic heterocycles. The molecule has 0 bridgehead atoms. The fourth-order valence-electron chi connectivity index (χ4n) is 3.92. The fraction of sp³-hybridized carbons (Fsp3) is 0.192. The van der Waals surface area contributed by atoms with Crippen LogP contribution in [0.15, 0.2) is 60.8 Å². The van der Waals surface area contributed by atoms with E-state index in [0.717, 1.165) is 45.1 Å².